The molecule has 4 heteroatoms. The van der Waals surface area contributed by atoms with Crippen molar-refractivity contribution in [3.05, 3.63) is 33.2 Å². The zero-order valence-corrected chi connectivity index (χ0v) is 10.7. The Balaban J connectivity index is 0.000000206. The van der Waals surface area contributed by atoms with Crippen LogP contribution in [0.2, 0.25) is 0 Å². The lowest BCUT2D eigenvalue weighted by Crippen LogP contribution is -1.56. The number of nitrogens with zero attached hydrogens (tertiary/aromatic N) is 2. The van der Waals surface area contributed by atoms with Crippen LogP contribution in [0.4, 0.5) is 0 Å². The lowest BCUT2D eigenvalue weighted by molar-refractivity contribution is 1.30. The molecule has 0 fully saturated rings. The van der Waals surface area contributed by atoms with E-state index >= 15 is 0 Å². The van der Waals surface area contributed by atoms with Crippen molar-refractivity contribution in [2.45, 2.75) is 27.7 Å². The second-order valence-corrected chi connectivity index (χ2v) is 4.30. The molecule has 2 aromatic heterocycles. The number of aromatic nitrogens is 2. The van der Waals surface area contributed by atoms with Crippen LogP contribution in [-0.2, 0) is 0 Å². The Morgan fingerprint density at radius 3 is 1.29 bits per heavy atom. The summed E-state index contributed by atoms with van der Waals surface area (Å²) in [4.78, 5) is 7.87. The van der Waals surface area contributed by atoms with Crippen molar-refractivity contribution in [1.29, 1.82) is 0 Å². The maximum absolute atomic E-state index is 3.94. The van der Waals surface area contributed by atoms with Crippen molar-refractivity contribution in [3.63, 3.8) is 0 Å². The third kappa shape index (κ3) is 6.74. The van der Waals surface area contributed by atoms with Crippen molar-refractivity contribution in [2.24, 2.45) is 0 Å². The summed E-state index contributed by atoms with van der Waals surface area (Å²) >= 11 is 3.33. The Kier molecular flexibility index (Phi) is 8.37. The van der Waals surface area contributed by atoms with Crippen molar-refractivity contribution in [1.82, 2.24) is 9.97 Å². The van der Waals surface area contributed by atoms with Crippen LogP contribution in [0.5, 0.6) is 0 Å². The Hall–Kier alpha value is -0.740. The summed E-state index contributed by atoms with van der Waals surface area (Å²) in [7, 11) is 0. The molecule has 0 unspecified atom stereocenters. The van der Waals surface area contributed by atoms with Gasteiger partial charge in [0.1, 0.15) is 0 Å². The number of thiazole rings is 2. The zero-order chi connectivity index (χ0) is 10.8. The summed E-state index contributed by atoms with van der Waals surface area (Å²) in [5.74, 6) is 0. The molecule has 2 aromatic rings. The lowest BCUT2D eigenvalue weighted by Gasteiger charge is -1.65. The van der Waals surface area contributed by atoms with Crippen molar-refractivity contribution < 1.29 is 0 Å². The minimum atomic E-state index is 1.13. The molecule has 0 aliphatic rings. The van der Waals surface area contributed by atoms with Gasteiger partial charge in [-0.25, -0.2) is 0 Å². The second-order valence-electron chi connectivity index (χ2n) is 2.10. The molecule has 0 aliphatic carbocycles. The number of aryl methyl sites for hydroxylation is 2. The molecule has 2 nitrogen and oxygen atoms in total. The summed E-state index contributed by atoms with van der Waals surface area (Å²) in [5.41, 5.74) is 0. The molecule has 0 saturated carbocycles. The second kappa shape index (κ2) is 8.84. The molecule has 78 valence electrons. The van der Waals surface area contributed by atoms with Gasteiger partial charge in [-0.1, -0.05) is 13.8 Å². The molecule has 0 N–H and O–H groups in total. The number of hydrogen-bond donors (Lipinski definition) is 0. The van der Waals surface area contributed by atoms with Crippen LogP contribution < -0.4 is 0 Å². The van der Waals surface area contributed by atoms with E-state index in [4.69, 9.17) is 0 Å². The Morgan fingerprint density at radius 1 is 0.857 bits per heavy atom. The van der Waals surface area contributed by atoms with E-state index in [1.807, 2.05) is 38.5 Å². The maximum Gasteiger partial charge on any atom is 0.0893 e. The van der Waals surface area contributed by atoms with Crippen molar-refractivity contribution >= 4 is 22.7 Å². The van der Waals surface area contributed by atoms with Gasteiger partial charge in [0.05, 0.1) is 10.0 Å². The zero-order valence-electron chi connectivity index (χ0n) is 9.02. The van der Waals surface area contributed by atoms with E-state index in [1.54, 1.807) is 35.1 Å². The molecule has 0 amide bonds. The smallest absolute Gasteiger partial charge is 0.0893 e. The normalized spacial score (nSPS) is 8.00. The molecule has 0 aliphatic heterocycles. The van der Waals surface area contributed by atoms with Crippen molar-refractivity contribution in [2.75, 3.05) is 0 Å². The molecular formula is C10H16N2S2. The molecule has 0 bridgehead atoms. The topological polar surface area (TPSA) is 25.8 Å². The van der Waals surface area contributed by atoms with Crippen LogP contribution >= 0.6 is 22.7 Å². The molecule has 0 aromatic carbocycles. The fourth-order valence-electron chi connectivity index (χ4n) is 0.589. The monoisotopic (exact) mass is 228 g/mol. The first-order valence-electron chi connectivity index (χ1n) is 4.51. The van der Waals surface area contributed by atoms with Gasteiger partial charge in [-0.3, -0.25) is 9.97 Å². The lowest BCUT2D eigenvalue weighted by atomic mass is 10.8. The van der Waals surface area contributed by atoms with Gasteiger partial charge in [0.15, 0.2) is 0 Å². The van der Waals surface area contributed by atoms with Gasteiger partial charge in [-0.05, 0) is 13.8 Å². The standard InChI is InChI=1S/2C4H5NS.C2H6/c2*1-4-5-2-3-6-4;1-2/h2*2-3H,1H3;1-2H3. The first kappa shape index (κ1) is 13.3. The minimum Gasteiger partial charge on any atom is -0.250 e. The first-order chi connectivity index (χ1) is 6.79. The average molecular weight is 228 g/mol. The van der Waals surface area contributed by atoms with Crippen LogP contribution in [0.15, 0.2) is 23.2 Å². The highest BCUT2D eigenvalue weighted by Crippen LogP contribution is 1.98. The fraction of sp³-hybridized carbons (Fsp3) is 0.400. The Bertz CT molecular complexity index is 256. The van der Waals surface area contributed by atoms with Crippen molar-refractivity contribution in [3.8, 4) is 0 Å². The summed E-state index contributed by atoms with van der Waals surface area (Å²) in [6.07, 6.45) is 3.61. The Labute approximate surface area is 93.7 Å². The number of hydrogen-bond acceptors (Lipinski definition) is 4. The third-order valence-corrected chi connectivity index (χ3v) is 2.52. The SMILES string of the molecule is CC.Cc1nccs1.Cc1nccs1. The summed E-state index contributed by atoms with van der Waals surface area (Å²) in [6, 6.07) is 0. The minimum absolute atomic E-state index is 1.13. The summed E-state index contributed by atoms with van der Waals surface area (Å²) in [5, 5.41) is 6.20. The fourth-order valence-corrected chi connectivity index (χ4v) is 1.47. The average Bonchev–Trinajstić information content (AvgIpc) is 2.83. The van der Waals surface area contributed by atoms with E-state index in [0.717, 1.165) is 10.0 Å². The summed E-state index contributed by atoms with van der Waals surface area (Å²) < 4.78 is 0. The van der Waals surface area contributed by atoms with E-state index in [1.165, 1.54) is 0 Å². The molecule has 14 heavy (non-hydrogen) atoms. The van der Waals surface area contributed by atoms with Crippen LogP contribution in [0.25, 0.3) is 0 Å². The molecule has 2 rings (SSSR count). The van der Waals surface area contributed by atoms with E-state index < -0.39 is 0 Å². The van der Waals surface area contributed by atoms with Gasteiger partial charge >= 0.3 is 0 Å². The maximum atomic E-state index is 3.94. The number of rotatable bonds is 0. The Morgan fingerprint density at radius 2 is 1.21 bits per heavy atom. The first-order valence-corrected chi connectivity index (χ1v) is 6.27. The van der Waals surface area contributed by atoms with Gasteiger partial charge < -0.3 is 0 Å². The highest BCUT2D eigenvalue weighted by molar-refractivity contribution is 7.09. The predicted octanol–water partition coefficient (Wildman–Crippen LogP) is 3.93. The summed E-state index contributed by atoms with van der Waals surface area (Å²) in [6.45, 7) is 7.98. The van der Waals surface area contributed by atoms with Crippen LogP contribution in [0.1, 0.15) is 23.9 Å². The molecule has 0 spiro atoms. The van der Waals surface area contributed by atoms with Gasteiger partial charge in [0.2, 0.25) is 0 Å². The van der Waals surface area contributed by atoms with E-state index in [9.17, 15) is 0 Å². The highest BCUT2D eigenvalue weighted by atomic mass is 32.1. The molecule has 0 atom stereocenters. The van der Waals surface area contributed by atoms with Crippen LogP contribution in [0, 0.1) is 13.8 Å². The third-order valence-electron chi connectivity index (χ3n) is 1.11. The molecular weight excluding hydrogens is 212 g/mol. The quantitative estimate of drug-likeness (QED) is 0.683. The molecule has 0 radical (unpaired) electrons. The molecule has 0 saturated heterocycles. The van der Waals surface area contributed by atoms with E-state index in [-0.39, 0.29) is 0 Å². The van der Waals surface area contributed by atoms with Gasteiger partial charge in [0.25, 0.3) is 0 Å². The largest absolute Gasteiger partial charge is 0.250 e. The van der Waals surface area contributed by atoms with Gasteiger partial charge in [-0.15, -0.1) is 22.7 Å². The van der Waals surface area contributed by atoms with Crippen LogP contribution in [-0.4, -0.2) is 9.97 Å². The highest BCUT2D eigenvalue weighted by Gasteiger charge is 1.76. The van der Waals surface area contributed by atoms with Gasteiger partial charge in [0, 0.05) is 23.2 Å². The predicted molar refractivity (Wildman–Crippen MR) is 65.1 cm³/mol. The van der Waals surface area contributed by atoms with Crippen LogP contribution in [0.3, 0.4) is 0 Å². The van der Waals surface area contributed by atoms with E-state index in [0.29, 0.717) is 0 Å². The van der Waals surface area contributed by atoms with E-state index in [2.05, 4.69) is 9.97 Å². The van der Waals surface area contributed by atoms with Gasteiger partial charge in [-0.2, -0.15) is 0 Å². The molecule has 2 heterocycles.